The van der Waals surface area contributed by atoms with Gasteiger partial charge in [-0.2, -0.15) is 0 Å². The van der Waals surface area contributed by atoms with Gasteiger partial charge in [0.1, 0.15) is 23.2 Å². The number of carbonyl (C=O) groups is 3. The second kappa shape index (κ2) is 11.2. The van der Waals surface area contributed by atoms with Crippen LogP contribution in [-0.2, 0) is 4.79 Å². The fraction of sp³-hybridized carbons (Fsp3) is 0.192. The van der Waals surface area contributed by atoms with Crippen LogP contribution in [0.2, 0.25) is 0 Å². The third-order valence-corrected chi connectivity index (χ3v) is 5.21. The summed E-state index contributed by atoms with van der Waals surface area (Å²) >= 11 is 0. The molecule has 0 aliphatic rings. The van der Waals surface area contributed by atoms with Gasteiger partial charge in [0.25, 0.3) is 5.91 Å². The maximum Gasteiger partial charge on any atom is 0.323 e. The van der Waals surface area contributed by atoms with Crippen molar-refractivity contribution >= 4 is 34.9 Å². The molecular weight excluding hydrogens is 454 g/mol. The summed E-state index contributed by atoms with van der Waals surface area (Å²) in [4.78, 5) is 37.8. The molecule has 35 heavy (non-hydrogen) atoms. The number of hydrogen-bond donors (Lipinski definition) is 4. The number of anilines is 3. The summed E-state index contributed by atoms with van der Waals surface area (Å²) in [5.74, 6) is -4.02. The van der Waals surface area contributed by atoms with Gasteiger partial charge in [-0.3, -0.25) is 9.59 Å². The molecule has 0 bridgehead atoms. The molecule has 0 saturated heterocycles. The molecule has 0 saturated carbocycles. The Balaban J connectivity index is 1.72. The Labute approximate surface area is 201 Å². The number of benzene rings is 3. The lowest BCUT2D eigenvalue weighted by molar-refractivity contribution is -0.118. The maximum atomic E-state index is 14.0. The summed E-state index contributed by atoms with van der Waals surface area (Å²) in [6, 6.07) is 15.4. The minimum Gasteiger partial charge on any atom is -0.340 e. The molecular formula is C26H26F2N4O3. The Morgan fingerprint density at radius 2 is 1.40 bits per heavy atom. The quantitative estimate of drug-likeness (QED) is 0.369. The molecule has 3 rings (SSSR count). The van der Waals surface area contributed by atoms with Gasteiger partial charge in [-0.05, 0) is 54.8 Å². The van der Waals surface area contributed by atoms with E-state index in [1.54, 1.807) is 63.2 Å². The van der Waals surface area contributed by atoms with Gasteiger partial charge in [0, 0.05) is 17.1 Å². The standard InChI is InChI=1S/C26H26F2N4O3/c1-15(2)23(32-24(33)22-19(27)10-7-11-20(22)28)25(34)31-21-14-18(13-12-16(21)3)30-26(35)29-17-8-5-4-6-9-17/h4-15,23H,1-3H3,(H,31,34)(H,32,33)(H2,29,30,35). The Morgan fingerprint density at radius 1 is 0.771 bits per heavy atom. The van der Waals surface area contributed by atoms with Crippen molar-refractivity contribution in [3.63, 3.8) is 0 Å². The van der Waals surface area contributed by atoms with Crippen LogP contribution in [0.25, 0.3) is 0 Å². The molecule has 7 nitrogen and oxygen atoms in total. The second-order valence-corrected chi connectivity index (χ2v) is 8.26. The van der Waals surface area contributed by atoms with Crippen LogP contribution in [0.15, 0.2) is 66.7 Å². The van der Waals surface area contributed by atoms with Crippen LogP contribution >= 0.6 is 0 Å². The molecule has 0 aliphatic heterocycles. The third-order valence-electron chi connectivity index (χ3n) is 5.21. The van der Waals surface area contributed by atoms with Crippen molar-refractivity contribution in [2.45, 2.75) is 26.8 Å². The van der Waals surface area contributed by atoms with Crippen molar-refractivity contribution in [2.24, 2.45) is 5.92 Å². The minimum atomic E-state index is -1.07. The molecule has 9 heteroatoms. The summed E-state index contributed by atoms with van der Waals surface area (Å²) in [6.45, 7) is 5.16. The predicted molar refractivity (Wildman–Crippen MR) is 131 cm³/mol. The first-order chi connectivity index (χ1) is 16.7. The zero-order valence-corrected chi connectivity index (χ0v) is 19.5. The summed E-state index contributed by atoms with van der Waals surface area (Å²) in [5, 5.41) is 10.5. The van der Waals surface area contributed by atoms with Gasteiger partial charge in [-0.25, -0.2) is 13.6 Å². The Bertz CT molecular complexity index is 1210. The maximum absolute atomic E-state index is 14.0. The lowest BCUT2D eigenvalue weighted by Crippen LogP contribution is -2.47. The average Bonchev–Trinajstić information content (AvgIpc) is 2.80. The van der Waals surface area contributed by atoms with Crippen LogP contribution in [0, 0.1) is 24.5 Å². The molecule has 3 aromatic carbocycles. The molecule has 0 fully saturated rings. The smallest absolute Gasteiger partial charge is 0.323 e. The minimum absolute atomic E-state index is 0.382. The molecule has 1 atom stereocenters. The average molecular weight is 481 g/mol. The topological polar surface area (TPSA) is 99.3 Å². The summed E-state index contributed by atoms with van der Waals surface area (Å²) in [5.41, 5.74) is 1.41. The lowest BCUT2D eigenvalue weighted by Gasteiger charge is -2.23. The predicted octanol–water partition coefficient (Wildman–Crippen LogP) is 5.31. The SMILES string of the molecule is Cc1ccc(NC(=O)Nc2ccccc2)cc1NC(=O)C(NC(=O)c1c(F)cccc1F)C(C)C. The van der Waals surface area contributed by atoms with E-state index in [1.807, 2.05) is 6.07 Å². The van der Waals surface area contributed by atoms with Gasteiger partial charge in [0.2, 0.25) is 5.91 Å². The van der Waals surface area contributed by atoms with E-state index in [2.05, 4.69) is 21.3 Å². The first kappa shape index (κ1) is 25.4. The number of carbonyl (C=O) groups excluding carboxylic acids is 3. The Morgan fingerprint density at radius 3 is 2.03 bits per heavy atom. The number of hydrogen-bond acceptors (Lipinski definition) is 3. The fourth-order valence-electron chi connectivity index (χ4n) is 3.32. The largest absolute Gasteiger partial charge is 0.340 e. The highest BCUT2D eigenvalue weighted by molar-refractivity contribution is 6.03. The van der Waals surface area contributed by atoms with Crippen molar-refractivity contribution in [1.82, 2.24) is 5.32 Å². The lowest BCUT2D eigenvalue weighted by atomic mass is 10.0. The highest BCUT2D eigenvalue weighted by atomic mass is 19.1. The number of urea groups is 1. The van der Waals surface area contributed by atoms with Crippen LogP contribution in [0.5, 0.6) is 0 Å². The third kappa shape index (κ3) is 6.63. The molecule has 4 N–H and O–H groups in total. The zero-order chi connectivity index (χ0) is 25.5. The van der Waals surface area contributed by atoms with Gasteiger partial charge in [0.05, 0.1) is 0 Å². The molecule has 0 spiro atoms. The Hall–Kier alpha value is -4.27. The number of rotatable bonds is 7. The van der Waals surface area contributed by atoms with Gasteiger partial charge >= 0.3 is 6.03 Å². The molecule has 1 unspecified atom stereocenters. The zero-order valence-electron chi connectivity index (χ0n) is 19.5. The van der Waals surface area contributed by atoms with Crippen molar-refractivity contribution in [2.75, 3.05) is 16.0 Å². The van der Waals surface area contributed by atoms with Crippen molar-refractivity contribution in [3.05, 3.63) is 89.5 Å². The summed E-state index contributed by atoms with van der Waals surface area (Å²) in [6.07, 6.45) is 0. The van der Waals surface area contributed by atoms with Crippen LogP contribution < -0.4 is 21.3 Å². The van der Waals surface area contributed by atoms with Gasteiger partial charge in [-0.15, -0.1) is 0 Å². The normalized spacial score (nSPS) is 11.5. The molecule has 0 heterocycles. The first-order valence-corrected chi connectivity index (χ1v) is 10.9. The van der Waals surface area contributed by atoms with E-state index in [-0.39, 0.29) is 5.92 Å². The molecule has 0 radical (unpaired) electrons. The van der Waals surface area contributed by atoms with E-state index >= 15 is 0 Å². The van der Waals surface area contributed by atoms with Crippen molar-refractivity contribution < 1.29 is 23.2 Å². The van der Waals surface area contributed by atoms with Crippen LogP contribution in [0.1, 0.15) is 29.8 Å². The van der Waals surface area contributed by atoms with E-state index < -0.39 is 41.1 Å². The van der Waals surface area contributed by atoms with Crippen LogP contribution in [0.4, 0.5) is 30.6 Å². The van der Waals surface area contributed by atoms with Gasteiger partial charge < -0.3 is 21.3 Å². The number of halogens is 2. The Kier molecular flexibility index (Phi) is 8.14. The van der Waals surface area contributed by atoms with Gasteiger partial charge in [-0.1, -0.05) is 44.2 Å². The monoisotopic (exact) mass is 480 g/mol. The number of amides is 4. The summed E-state index contributed by atoms with van der Waals surface area (Å²) in [7, 11) is 0. The fourth-order valence-corrected chi connectivity index (χ4v) is 3.32. The van der Waals surface area contributed by atoms with Crippen LogP contribution in [0.3, 0.4) is 0 Å². The first-order valence-electron chi connectivity index (χ1n) is 10.9. The number of para-hydroxylation sites is 1. The molecule has 4 amide bonds. The number of aryl methyl sites for hydroxylation is 1. The highest BCUT2D eigenvalue weighted by Crippen LogP contribution is 2.22. The van der Waals surface area contributed by atoms with E-state index in [9.17, 15) is 23.2 Å². The molecule has 182 valence electrons. The summed E-state index contributed by atoms with van der Waals surface area (Å²) < 4.78 is 28.0. The van der Waals surface area contributed by atoms with E-state index in [4.69, 9.17) is 0 Å². The van der Waals surface area contributed by atoms with Gasteiger partial charge in [0.15, 0.2) is 0 Å². The van der Waals surface area contributed by atoms with Crippen LogP contribution in [-0.4, -0.2) is 23.9 Å². The van der Waals surface area contributed by atoms with E-state index in [1.165, 1.54) is 0 Å². The number of nitrogens with one attached hydrogen (secondary N) is 4. The molecule has 3 aromatic rings. The van der Waals surface area contributed by atoms with E-state index in [0.717, 1.165) is 18.2 Å². The van der Waals surface area contributed by atoms with Crippen molar-refractivity contribution in [1.29, 1.82) is 0 Å². The van der Waals surface area contributed by atoms with E-state index in [0.29, 0.717) is 22.6 Å². The molecule has 0 aromatic heterocycles. The molecule has 0 aliphatic carbocycles. The van der Waals surface area contributed by atoms with Crippen molar-refractivity contribution in [3.8, 4) is 0 Å². The highest BCUT2D eigenvalue weighted by Gasteiger charge is 2.27. The second-order valence-electron chi connectivity index (χ2n) is 8.26.